The number of ether oxygens (including phenoxy) is 1. The smallest absolute Gasteiger partial charge is 0.307 e. The van der Waals surface area contributed by atoms with E-state index in [-0.39, 0.29) is 18.1 Å². The molecule has 0 atom stereocenters. The van der Waals surface area contributed by atoms with Gasteiger partial charge in [-0.25, -0.2) is 0 Å². The molecule has 0 aliphatic heterocycles. The van der Waals surface area contributed by atoms with E-state index in [4.69, 9.17) is 0 Å². The number of methoxy groups -OCH3 is 1. The monoisotopic (exact) mass is 238 g/mol. The molecule has 92 valence electrons. The van der Waals surface area contributed by atoms with Gasteiger partial charge in [0.25, 0.3) is 5.69 Å². The fourth-order valence-corrected chi connectivity index (χ4v) is 1.33. The van der Waals surface area contributed by atoms with E-state index in [2.05, 4.69) is 10.1 Å². The third kappa shape index (κ3) is 3.75. The number of hydrogen-bond acceptors (Lipinski definition) is 5. The van der Waals surface area contributed by atoms with E-state index >= 15 is 0 Å². The first-order valence-corrected chi connectivity index (χ1v) is 5.10. The second-order valence-electron chi connectivity index (χ2n) is 3.51. The van der Waals surface area contributed by atoms with Gasteiger partial charge >= 0.3 is 5.97 Å². The van der Waals surface area contributed by atoms with Crippen molar-refractivity contribution in [1.29, 1.82) is 0 Å². The van der Waals surface area contributed by atoms with Crippen LogP contribution in [0, 0.1) is 17.0 Å². The molecule has 0 unspecified atom stereocenters. The Labute approximate surface area is 98.7 Å². The van der Waals surface area contributed by atoms with Crippen molar-refractivity contribution in [3.8, 4) is 0 Å². The third-order valence-electron chi connectivity index (χ3n) is 2.29. The van der Waals surface area contributed by atoms with Gasteiger partial charge in [0.2, 0.25) is 0 Å². The van der Waals surface area contributed by atoms with Crippen LogP contribution in [0.1, 0.15) is 12.0 Å². The molecule has 0 saturated heterocycles. The number of carbonyl (C=O) groups excluding carboxylic acids is 1. The van der Waals surface area contributed by atoms with Crippen LogP contribution in [0.25, 0.3) is 0 Å². The zero-order valence-electron chi connectivity index (χ0n) is 9.73. The SMILES string of the molecule is COC(=O)CCNc1ccc(C)c([N+](=O)[O-])c1. The number of rotatable bonds is 5. The van der Waals surface area contributed by atoms with Gasteiger partial charge in [-0.15, -0.1) is 0 Å². The summed E-state index contributed by atoms with van der Waals surface area (Å²) >= 11 is 0. The Morgan fingerprint density at radius 2 is 2.24 bits per heavy atom. The predicted octanol–water partition coefficient (Wildman–Crippen LogP) is 1.88. The highest BCUT2D eigenvalue weighted by atomic mass is 16.6. The summed E-state index contributed by atoms with van der Waals surface area (Å²) in [7, 11) is 1.32. The zero-order chi connectivity index (χ0) is 12.8. The van der Waals surface area contributed by atoms with Crippen LogP contribution in [0.4, 0.5) is 11.4 Å². The normalized spacial score (nSPS) is 9.76. The highest BCUT2D eigenvalue weighted by molar-refractivity contribution is 5.70. The van der Waals surface area contributed by atoms with Crippen molar-refractivity contribution in [3.63, 3.8) is 0 Å². The molecular formula is C11H14N2O4. The Morgan fingerprint density at radius 3 is 2.82 bits per heavy atom. The lowest BCUT2D eigenvalue weighted by Gasteiger charge is -2.06. The van der Waals surface area contributed by atoms with Gasteiger partial charge in [-0.05, 0) is 13.0 Å². The number of nitro groups is 1. The van der Waals surface area contributed by atoms with Crippen LogP contribution in [-0.4, -0.2) is 24.5 Å². The minimum Gasteiger partial charge on any atom is -0.469 e. The lowest BCUT2D eigenvalue weighted by Crippen LogP contribution is -2.09. The molecule has 6 heteroatoms. The molecule has 0 bridgehead atoms. The first-order valence-electron chi connectivity index (χ1n) is 5.10. The zero-order valence-corrected chi connectivity index (χ0v) is 9.73. The van der Waals surface area contributed by atoms with E-state index in [1.54, 1.807) is 19.1 Å². The third-order valence-corrected chi connectivity index (χ3v) is 2.29. The summed E-state index contributed by atoms with van der Waals surface area (Å²) in [5, 5.41) is 13.6. The summed E-state index contributed by atoms with van der Waals surface area (Å²) in [5.41, 5.74) is 1.28. The average Bonchev–Trinajstić information content (AvgIpc) is 2.30. The molecule has 0 fully saturated rings. The van der Waals surface area contributed by atoms with Crippen molar-refractivity contribution in [1.82, 2.24) is 0 Å². The lowest BCUT2D eigenvalue weighted by atomic mass is 10.2. The van der Waals surface area contributed by atoms with E-state index in [0.29, 0.717) is 17.8 Å². The minimum atomic E-state index is -0.430. The van der Waals surface area contributed by atoms with Crippen LogP contribution in [0.3, 0.4) is 0 Å². The standard InChI is InChI=1S/C11H14N2O4/c1-8-3-4-9(7-10(8)13(15)16)12-6-5-11(14)17-2/h3-4,7,12H,5-6H2,1-2H3. The molecule has 0 heterocycles. The van der Waals surface area contributed by atoms with Crippen LogP contribution in [0.2, 0.25) is 0 Å². The van der Waals surface area contributed by atoms with Crippen LogP contribution >= 0.6 is 0 Å². The van der Waals surface area contributed by atoms with Gasteiger partial charge in [-0.3, -0.25) is 14.9 Å². The van der Waals surface area contributed by atoms with Crippen LogP contribution in [0.5, 0.6) is 0 Å². The summed E-state index contributed by atoms with van der Waals surface area (Å²) in [5.74, 6) is -0.320. The number of nitrogens with zero attached hydrogens (tertiary/aromatic N) is 1. The summed E-state index contributed by atoms with van der Waals surface area (Å²) < 4.78 is 4.48. The Bertz CT molecular complexity index is 431. The number of aryl methyl sites for hydroxylation is 1. The molecule has 0 aliphatic rings. The van der Waals surface area contributed by atoms with Gasteiger partial charge in [0.05, 0.1) is 18.5 Å². The second kappa shape index (κ2) is 5.83. The van der Waals surface area contributed by atoms with Crippen molar-refractivity contribution in [2.45, 2.75) is 13.3 Å². The summed E-state index contributed by atoms with van der Waals surface area (Å²) in [6.07, 6.45) is 0.220. The largest absolute Gasteiger partial charge is 0.469 e. The highest BCUT2D eigenvalue weighted by Gasteiger charge is 2.10. The molecule has 0 aliphatic carbocycles. The fourth-order valence-electron chi connectivity index (χ4n) is 1.33. The average molecular weight is 238 g/mol. The molecule has 1 N–H and O–H groups in total. The molecule has 0 amide bonds. The van der Waals surface area contributed by atoms with E-state index in [9.17, 15) is 14.9 Å². The van der Waals surface area contributed by atoms with Crippen LogP contribution < -0.4 is 5.32 Å². The highest BCUT2D eigenvalue weighted by Crippen LogP contribution is 2.22. The molecule has 0 radical (unpaired) electrons. The summed E-state index contributed by atoms with van der Waals surface area (Å²) in [4.78, 5) is 21.1. The Morgan fingerprint density at radius 1 is 1.53 bits per heavy atom. The van der Waals surface area contributed by atoms with Crippen molar-refractivity contribution in [2.75, 3.05) is 19.0 Å². The fraction of sp³-hybridized carbons (Fsp3) is 0.364. The number of carbonyl (C=O) groups is 1. The molecule has 17 heavy (non-hydrogen) atoms. The van der Waals surface area contributed by atoms with Gasteiger partial charge in [-0.2, -0.15) is 0 Å². The quantitative estimate of drug-likeness (QED) is 0.481. The maximum absolute atomic E-state index is 10.9. The van der Waals surface area contributed by atoms with Crippen molar-refractivity contribution >= 4 is 17.3 Å². The first-order chi connectivity index (χ1) is 8.04. The van der Waals surface area contributed by atoms with Crippen molar-refractivity contribution in [2.24, 2.45) is 0 Å². The molecular weight excluding hydrogens is 224 g/mol. The van der Waals surface area contributed by atoms with Crippen LogP contribution in [-0.2, 0) is 9.53 Å². The molecule has 1 aromatic rings. The van der Waals surface area contributed by atoms with Crippen molar-refractivity contribution in [3.05, 3.63) is 33.9 Å². The topological polar surface area (TPSA) is 81.5 Å². The van der Waals surface area contributed by atoms with E-state index in [1.807, 2.05) is 0 Å². The predicted molar refractivity (Wildman–Crippen MR) is 63.0 cm³/mol. The van der Waals surface area contributed by atoms with Gasteiger partial charge in [0, 0.05) is 23.9 Å². The van der Waals surface area contributed by atoms with Crippen LogP contribution in [0.15, 0.2) is 18.2 Å². The number of anilines is 1. The minimum absolute atomic E-state index is 0.0630. The van der Waals surface area contributed by atoms with E-state index in [1.165, 1.54) is 13.2 Å². The maximum atomic E-state index is 10.9. The second-order valence-corrected chi connectivity index (χ2v) is 3.51. The summed E-state index contributed by atoms with van der Waals surface area (Å²) in [6.45, 7) is 2.06. The van der Waals surface area contributed by atoms with Gasteiger partial charge in [-0.1, -0.05) is 6.07 Å². The Hall–Kier alpha value is -2.11. The number of esters is 1. The van der Waals surface area contributed by atoms with E-state index < -0.39 is 4.92 Å². The summed E-state index contributed by atoms with van der Waals surface area (Å²) in [6, 6.07) is 4.85. The molecule has 0 saturated carbocycles. The van der Waals surface area contributed by atoms with Crippen molar-refractivity contribution < 1.29 is 14.5 Å². The number of nitrogens with one attached hydrogen (secondary N) is 1. The maximum Gasteiger partial charge on any atom is 0.307 e. The molecule has 1 rings (SSSR count). The van der Waals surface area contributed by atoms with Gasteiger partial charge in [0.15, 0.2) is 0 Å². The number of hydrogen-bond donors (Lipinski definition) is 1. The number of benzene rings is 1. The van der Waals surface area contributed by atoms with Gasteiger partial charge < -0.3 is 10.1 Å². The molecule has 1 aromatic carbocycles. The Balaban J connectivity index is 2.63. The lowest BCUT2D eigenvalue weighted by molar-refractivity contribution is -0.385. The van der Waals surface area contributed by atoms with Gasteiger partial charge in [0.1, 0.15) is 0 Å². The molecule has 0 aromatic heterocycles. The van der Waals surface area contributed by atoms with E-state index in [0.717, 1.165) is 0 Å². The Kier molecular flexibility index (Phi) is 4.45. The number of nitro benzene ring substituents is 1. The molecule has 0 spiro atoms. The first kappa shape index (κ1) is 13.0. The molecule has 6 nitrogen and oxygen atoms in total.